The molecule has 0 aliphatic carbocycles. The maximum Gasteiger partial charge on any atom is 0.250 e. The van der Waals surface area contributed by atoms with Crippen LogP contribution in [-0.4, -0.2) is 10.9 Å². The average molecular weight is 347 g/mol. The Bertz CT molecular complexity index is 598. The van der Waals surface area contributed by atoms with Gasteiger partial charge >= 0.3 is 0 Å². The lowest BCUT2D eigenvalue weighted by molar-refractivity contribution is 0.1000. The summed E-state index contributed by atoms with van der Waals surface area (Å²) in [5.74, 6) is -0.498. The molecule has 0 unspecified atom stereocenters. The molecule has 0 aliphatic heterocycles. The van der Waals surface area contributed by atoms with Crippen LogP contribution in [0.5, 0.6) is 0 Å². The fraction of sp³-hybridized carbons (Fsp3) is 0.0909. The van der Waals surface area contributed by atoms with Gasteiger partial charge in [-0.15, -0.1) is 0 Å². The summed E-state index contributed by atoms with van der Waals surface area (Å²) in [5.41, 5.74) is 7.41. The molecule has 0 radical (unpaired) electrons. The van der Waals surface area contributed by atoms with E-state index in [1.807, 2.05) is 13.0 Å². The summed E-state index contributed by atoms with van der Waals surface area (Å²) in [4.78, 5) is 15.3. The van der Waals surface area contributed by atoms with E-state index < -0.39 is 5.91 Å². The van der Waals surface area contributed by atoms with Crippen molar-refractivity contribution >= 4 is 51.0 Å². The lowest BCUT2D eigenvalue weighted by atomic mass is 10.1. The molecule has 2 N–H and O–H groups in total. The number of rotatable bonds is 1. The molecule has 2 rings (SSSR count). The van der Waals surface area contributed by atoms with Crippen molar-refractivity contribution in [2.75, 3.05) is 0 Å². The Morgan fingerprint density at radius 2 is 2.19 bits per heavy atom. The van der Waals surface area contributed by atoms with Crippen molar-refractivity contribution in [3.8, 4) is 0 Å². The van der Waals surface area contributed by atoms with E-state index in [0.717, 1.165) is 20.0 Å². The third-order valence-corrected chi connectivity index (χ3v) is 3.91. The first kappa shape index (κ1) is 11.6. The minimum Gasteiger partial charge on any atom is -0.366 e. The number of amides is 1. The van der Waals surface area contributed by atoms with Crippen LogP contribution < -0.4 is 5.73 Å². The Balaban J connectivity index is 2.86. The highest BCUT2D eigenvalue weighted by molar-refractivity contribution is 14.1. The van der Waals surface area contributed by atoms with Gasteiger partial charge in [0.05, 0.1) is 16.1 Å². The van der Waals surface area contributed by atoms with Crippen molar-refractivity contribution in [1.29, 1.82) is 0 Å². The monoisotopic (exact) mass is 346 g/mol. The van der Waals surface area contributed by atoms with Gasteiger partial charge in [-0.1, -0.05) is 11.6 Å². The molecule has 82 valence electrons. The summed E-state index contributed by atoms with van der Waals surface area (Å²) in [5, 5.41) is 1.37. The number of primary amides is 1. The second-order valence-corrected chi connectivity index (χ2v) is 5.01. The maximum atomic E-state index is 11.1. The van der Waals surface area contributed by atoms with Crippen LogP contribution in [0.4, 0.5) is 0 Å². The molecule has 16 heavy (non-hydrogen) atoms. The third kappa shape index (κ3) is 1.87. The van der Waals surface area contributed by atoms with Crippen LogP contribution in [0.1, 0.15) is 15.9 Å². The molecule has 5 heteroatoms. The fourth-order valence-corrected chi connectivity index (χ4v) is 2.49. The van der Waals surface area contributed by atoms with Gasteiger partial charge in [-0.2, -0.15) is 0 Å². The number of fused-ring (bicyclic) bond motifs is 1. The minimum absolute atomic E-state index is 0.371. The predicted molar refractivity (Wildman–Crippen MR) is 72.7 cm³/mol. The molecular weight excluding hydrogens is 338 g/mol. The number of nitrogens with two attached hydrogens (primary N) is 1. The van der Waals surface area contributed by atoms with Crippen LogP contribution in [0.25, 0.3) is 10.9 Å². The molecule has 3 nitrogen and oxygen atoms in total. The number of hydrogen-bond acceptors (Lipinski definition) is 2. The topological polar surface area (TPSA) is 56.0 Å². The summed E-state index contributed by atoms with van der Waals surface area (Å²) >= 11 is 8.33. The minimum atomic E-state index is -0.498. The highest BCUT2D eigenvalue weighted by Gasteiger charge is 2.10. The molecule has 0 saturated carbocycles. The van der Waals surface area contributed by atoms with E-state index in [1.165, 1.54) is 6.20 Å². The third-order valence-electron chi connectivity index (χ3n) is 2.34. The molecule has 1 heterocycles. The van der Waals surface area contributed by atoms with Crippen molar-refractivity contribution < 1.29 is 4.79 Å². The van der Waals surface area contributed by atoms with Crippen LogP contribution in [0.2, 0.25) is 5.02 Å². The summed E-state index contributed by atoms with van der Waals surface area (Å²) < 4.78 is 0.938. The van der Waals surface area contributed by atoms with E-state index in [4.69, 9.17) is 17.3 Å². The first-order valence-corrected chi connectivity index (χ1v) is 6.00. The lowest BCUT2D eigenvalue weighted by Crippen LogP contribution is -2.11. The number of aromatic nitrogens is 1. The standard InChI is InChI=1S/C11H8ClIN2O/c1-5-2-8(13)9(12)7-3-6(11(14)16)4-15-10(5)7/h2-4H,1H3,(H2,14,16). The van der Waals surface area contributed by atoms with Gasteiger partial charge in [0.15, 0.2) is 0 Å². The Labute approximate surface area is 111 Å². The number of carbonyl (C=O) groups excluding carboxylic acids is 1. The maximum absolute atomic E-state index is 11.1. The van der Waals surface area contributed by atoms with Crippen molar-refractivity contribution in [1.82, 2.24) is 4.98 Å². The molecule has 0 spiro atoms. The molecule has 2 aromatic rings. The second kappa shape index (κ2) is 4.18. The van der Waals surface area contributed by atoms with Gasteiger partial charge in [0, 0.05) is 15.2 Å². The molecule has 0 saturated heterocycles. The van der Waals surface area contributed by atoms with E-state index in [-0.39, 0.29) is 0 Å². The second-order valence-electron chi connectivity index (χ2n) is 3.47. The quantitative estimate of drug-likeness (QED) is 0.807. The molecule has 0 fully saturated rings. The van der Waals surface area contributed by atoms with Crippen LogP contribution in [0, 0.1) is 10.5 Å². The highest BCUT2D eigenvalue weighted by Crippen LogP contribution is 2.30. The van der Waals surface area contributed by atoms with Crippen molar-refractivity contribution in [2.24, 2.45) is 5.73 Å². The number of pyridine rings is 1. The normalized spacial score (nSPS) is 10.7. The van der Waals surface area contributed by atoms with E-state index >= 15 is 0 Å². The van der Waals surface area contributed by atoms with Crippen molar-refractivity contribution in [3.63, 3.8) is 0 Å². The van der Waals surface area contributed by atoms with Gasteiger partial charge in [-0.3, -0.25) is 9.78 Å². The Hall–Kier alpha value is -0.880. The van der Waals surface area contributed by atoms with Gasteiger partial charge in [0.25, 0.3) is 0 Å². The van der Waals surface area contributed by atoms with Gasteiger partial charge < -0.3 is 5.73 Å². The number of aryl methyl sites for hydroxylation is 1. The first-order valence-electron chi connectivity index (χ1n) is 4.55. The molecule has 1 aromatic heterocycles. The first-order chi connectivity index (χ1) is 7.50. The van der Waals surface area contributed by atoms with E-state index in [0.29, 0.717) is 10.6 Å². The SMILES string of the molecule is Cc1cc(I)c(Cl)c2cc(C(N)=O)cnc12. The highest BCUT2D eigenvalue weighted by atomic mass is 127. The zero-order valence-electron chi connectivity index (χ0n) is 8.42. The summed E-state index contributed by atoms with van der Waals surface area (Å²) in [6, 6.07) is 3.64. The molecule has 0 atom stereocenters. The van der Waals surface area contributed by atoms with E-state index in [9.17, 15) is 4.79 Å². The van der Waals surface area contributed by atoms with Crippen LogP contribution >= 0.6 is 34.2 Å². The van der Waals surface area contributed by atoms with Crippen molar-refractivity contribution in [2.45, 2.75) is 6.92 Å². The molecule has 1 amide bonds. The van der Waals surface area contributed by atoms with Gasteiger partial charge in [0.1, 0.15) is 0 Å². The predicted octanol–water partition coefficient (Wildman–Crippen LogP) is 2.90. The van der Waals surface area contributed by atoms with Crippen LogP contribution in [-0.2, 0) is 0 Å². The molecule has 1 aromatic carbocycles. The van der Waals surface area contributed by atoms with Crippen LogP contribution in [0.3, 0.4) is 0 Å². The zero-order chi connectivity index (χ0) is 11.9. The van der Waals surface area contributed by atoms with E-state index in [2.05, 4.69) is 27.6 Å². The average Bonchev–Trinajstić information content (AvgIpc) is 2.25. The summed E-state index contributed by atoms with van der Waals surface area (Å²) in [7, 11) is 0. The Morgan fingerprint density at radius 3 is 2.81 bits per heavy atom. The largest absolute Gasteiger partial charge is 0.366 e. The molecular formula is C11H8ClIN2O. The van der Waals surface area contributed by atoms with Crippen LogP contribution in [0.15, 0.2) is 18.3 Å². The summed E-state index contributed by atoms with van der Waals surface area (Å²) in [6.07, 6.45) is 1.47. The smallest absolute Gasteiger partial charge is 0.250 e. The number of hydrogen-bond donors (Lipinski definition) is 1. The Kier molecular flexibility index (Phi) is 3.03. The molecule has 0 bridgehead atoms. The van der Waals surface area contributed by atoms with Gasteiger partial charge in [-0.25, -0.2) is 0 Å². The number of carbonyl (C=O) groups is 1. The number of nitrogens with zero attached hydrogens (tertiary/aromatic N) is 1. The summed E-state index contributed by atoms with van der Waals surface area (Å²) in [6.45, 7) is 1.96. The van der Waals surface area contributed by atoms with Gasteiger partial charge in [-0.05, 0) is 47.2 Å². The fourth-order valence-electron chi connectivity index (χ4n) is 1.53. The zero-order valence-corrected chi connectivity index (χ0v) is 11.3. The van der Waals surface area contributed by atoms with Crippen molar-refractivity contribution in [3.05, 3.63) is 38.0 Å². The lowest BCUT2D eigenvalue weighted by Gasteiger charge is -2.06. The number of benzene rings is 1. The van der Waals surface area contributed by atoms with Gasteiger partial charge in [0.2, 0.25) is 5.91 Å². The number of halogens is 2. The Morgan fingerprint density at radius 1 is 1.50 bits per heavy atom. The molecule has 0 aliphatic rings. The van der Waals surface area contributed by atoms with E-state index in [1.54, 1.807) is 6.07 Å².